The van der Waals surface area contributed by atoms with E-state index < -0.39 is 5.97 Å². The average Bonchev–Trinajstić information content (AvgIpc) is 2.41. The highest BCUT2D eigenvalue weighted by atomic mass is 16.4. The number of anilines is 3. The number of hydrogen-bond acceptors (Lipinski definition) is 5. The quantitative estimate of drug-likeness (QED) is 0.785. The van der Waals surface area contributed by atoms with Gasteiger partial charge in [-0.3, -0.25) is 4.79 Å². The van der Waals surface area contributed by atoms with E-state index in [2.05, 4.69) is 20.6 Å². The number of nitrogens with zero attached hydrogens (tertiary/aromatic N) is 2. The van der Waals surface area contributed by atoms with Crippen molar-refractivity contribution in [2.75, 3.05) is 10.6 Å². The van der Waals surface area contributed by atoms with Gasteiger partial charge in [-0.2, -0.15) is 0 Å². The van der Waals surface area contributed by atoms with Crippen LogP contribution in [0.4, 0.5) is 17.3 Å². The first-order chi connectivity index (χ1) is 9.54. The van der Waals surface area contributed by atoms with Crippen molar-refractivity contribution >= 4 is 29.2 Å². The number of amides is 1. The molecular weight excluding hydrogens is 260 g/mol. The number of carboxylic acid groups (broad SMARTS) is 1. The molecule has 20 heavy (non-hydrogen) atoms. The van der Waals surface area contributed by atoms with Crippen molar-refractivity contribution in [3.63, 3.8) is 0 Å². The van der Waals surface area contributed by atoms with Crippen molar-refractivity contribution in [2.24, 2.45) is 0 Å². The van der Waals surface area contributed by atoms with Gasteiger partial charge in [0.25, 0.3) is 0 Å². The minimum atomic E-state index is -1.07. The SMILES string of the molecule is CC(=O)Nc1ccc(Nc2ncc(C(=O)O)cn2)cc1. The molecule has 7 nitrogen and oxygen atoms in total. The lowest BCUT2D eigenvalue weighted by atomic mass is 10.3. The van der Waals surface area contributed by atoms with Gasteiger partial charge in [-0.25, -0.2) is 14.8 Å². The minimum absolute atomic E-state index is 0.0246. The molecule has 0 unspecified atom stereocenters. The van der Waals surface area contributed by atoms with Crippen LogP contribution < -0.4 is 10.6 Å². The molecule has 3 N–H and O–H groups in total. The van der Waals surface area contributed by atoms with Gasteiger partial charge < -0.3 is 15.7 Å². The number of nitrogens with one attached hydrogen (secondary N) is 2. The van der Waals surface area contributed by atoms with Crippen molar-refractivity contribution in [3.8, 4) is 0 Å². The van der Waals surface area contributed by atoms with Crippen LogP contribution in [0.25, 0.3) is 0 Å². The third-order valence-electron chi connectivity index (χ3n) is 2.36. The molecule has 0 aliphatic heterocycles. The monoisotopic (exact) mass is 272 g/mol. The molecule has 1 heterocycles. The number of hydrogen-bond donors (Lipinski definition) is 3. The Morgan fingerprint density at radius 2 is 1.60 bits per heavy atom. The summed E-state index contributed by atoms with van der Waals surface area (Å²) in [7, 11) is 0. The first kappa shape index (κ1) is 13.5. The second kappa shape index (κ2) is 5.79. The molecule has 0 bridgehead atoms. The van der Waals surface area contributed by atoms with Crippen molar-refractivity contribution in [3.05, 3.63) is 42.2 Å². The van der Waals surface area contributed by atoms with Gasteiger partial charge in [0.1, 0.15) is 0 Å². The number of aromatic nitrogens is 2. The second-order valence-electron chi connectivity index (χ2n) is 3.98. The van der Waals surface area contributed by atoms with Gasteiger partial charge in [0, 0.05) is 30.7 Å². The van der Waals surface area contributed by atoms with Crippen LogP contribution in [0.5, 0.6) is 0 Å². The molecule has 0 saturated heterocycles. The first-order valence-corrected chi connectivity index (χ1v) is 5.74. The Bertz CT molecular complexity index is 623. The van der Waals surface area contributed by atoms with Crippen LogP contribution in [-0.2, 0) is 4.79 Å². The summed E-state index contributed by atoms with van der Waals surface area (Å²) in [6.45, 7) is 1.43. The van der Waals surface area contributed by atoms with E-state index in [-0.39, 0.29) is 11.5 Å². The molecule has 7 heteroatoms. The summed E-state index contributed by atoms with van der Waals surface area (Å²) in [5.41, 5.74) is 1.43. The zero-order chi connectivity index (χ0) is 14.5. The summed E-state index contributed by atoms with van der Waals surface area (Å²) >= 11 is 0. The maximum Gasteiger partial charge on any atom is 0.338 e. The van der Waals surface area contributed by atoms with E-state index in [4.69, 9.17) is 5.11 Å². The highest BCUT2D eigenvalue weighted by Crippen LogP contribution is 2.16. The summed E-state index contributed by atoms with van der Waals surface area (Å²) < 4.78 is 0. The lowest BCUT2D eigenvalue weighted by Crippen LogP contribution is -2.05. The number of aromatic carboxylic acids is 1. The highest BCUT2D eigenvalue weighted by Gasteiger charge is 2.04. The molecule has 0 aliphatic carbocycles. The van der Waals surface area contributed by atoms with E-state index in [1.165, 1.54) is 19.3 Å². The van der Waals surface area contributed by atoms with Gasteiger partial charge in [-0.15, -0.1) is 0 Å². The summed E-state index contributed by atoms with van der Waals surface area (Å²) in [6.07, 6.45) is 2.45. The summed E-state index contributed by atoms with van der Waals surface area (Å²) in [5, 5.41) is 14.3. The molecule has 102 valence electrons. The number of carboxylic acids is 1. The first-order valence-electron chi connectivity index (χ1n) is 5.74. The average molecular weight is 272 g/mol. The number of rotatable bonds is 4. The van der Waals surface area contributed by atoms with Crippen LogP contribution >= 0.6 is 0 Å². The van der Waals surface area contributed by atoms with Crippen molar-refractivity contribution in [1.82, 2.24) is 9.97 Å². The Morgan fingerprint density at radius 3 is 2.10 bits per heavy atom. The van der Waals surface area contributed by atoms with Gasteiger partial charge in [-0.1, -0.05) is 0 Å². The molecule has 0 atom stereocenters. The number of carbonyl (C=O) groups is 2. The summed E-state index contributed by atoms with van der Waals surface area (Å²) in [6, 6.07) is 6.96. The normalized spacial score (nSPS) is 9.85. The van der Waals surface area contributed by atoms with Gasteiger partial charge in [0.2, 0.25) is 11.9 Å². The fourth-order valence-corrected chi connectivity index (χ4v) is 1.47. The van der Waals surface area contributed by atoms with Crippen molar-refractivity contribution in [2.45, 2.75) is 6.92 Å². The van der Waals surface area contributed by atoms with E-state index in [0.29, 0.717) is 11.6 Å². The van der Waals surface area contributed by atoms with E-state index in [9.17, 15) is 9.59 Å². The van der Waals surface area contributed by atoms with Crippen LogP contribution in [0.2, 0.25) is 0 Å². The van der Waals surface area contributed by atoms with E-state index in [1.54, 1.807) is 24.3 Å². The smallest absolute Gasteiger partial charge is 0.338 e. The molecule has 0 radical (unpaired) electrons. The summed E-state index contributed by atoms with van der Waals surface area (Å²) in [4.78, 5) is 29.3. The molecule has 0 aliphatic rings. The fourth-order valence-electron chi connectivity index (χ4n) is 1.47. The molecule has 0 spiro atoms. The van der Waals surface area contributed by atoms with Gasteiger partial charge in [-0.05, 0) is 24.3 Å². The third kappa shape index (κ3) is 3.52. The van der Waals surface area contributed by atoms with Crippen LogP contribution in [0.3, 0.4) is 0 Å². The van der Waals surface area contributed by atoms with E-state index >= 15 is 0 Å². The molecule has 0 fully saturated rings. The fraction of sp³-hybridized carbons (Fsp3) is 0.0769. The Morgan fingerprint density at radius 1 is 1.05 bits per heavy atom. The zero-order valence-electron chi connectivity index (χ0n) is 10.6. The van der Waals surface area contributed by atoms with Crippen LogP contribution in [0.15, 0.2) is 36.7 Å². The molecule has 2 aromatic rings. The minimum Gasteiger partial charge on any atom is -0.478 e. The molecule has 2 rings (SSSR count). The predicted octanol–water partition coefficient (Wildman–Crippen LogP) is 1.88. The largest absolute Gasteiger partial charge is 0.478 e. The Hall–Kier alpha value is -2.96. The van der Waals surface area contributed by atoms with Gasteiger partial charge in [0.15, 0.2) is 0 Å². The van der Waals surface area contributed by atoms with E-state index in [1.807, 2.05) is 0 Å². The Labute approximate surface area is 114 Å². The van der Waals surface area contributed by atoms with Crippen molar-refractivity contribution in [1.29, 1.82) is 0 Å². The van der Waals surface area contributed by atoms with Gasteiger partial charge in [0.05, 0.1) is 5.56 Å². The molecular formula is C13H12N4O3. The van der Waals surface area contributed by atoms with Gasteiger partial charge >= 0.3 is 5.97 Å². The lowest BCUT2D eigenvalue weighted by Gasteiger charge is -2.06. The maximum absolute atomic E-state index is 10.9. The van der Waals surface area contributed by atoms with E-state index in [0.717, 1.165) is 5.69 Å². The molecule has 0 saturated carbocycles. The van der Waals surface area contributed by atoms with Crippen LogP contribution in [-0.4, -0.2) is 27.0 Å². The summed E-state index contributed by atoms with van der Waals surface area (Å²) in [5.74, 6) is -0.920. The maximum atomic E-state index is 10.9. The zero-order valence-corrected chi connectivity index (χ0v) is 10.6. The highest BCUT2D eigenvalue weighted by molar-refractivity contribution is 5.89. The van der Waals surface area contributed by atoms with Crippen LogP contribution in [0.1, 0.15) is 17.3 Å². The third-order valence-corrected chi connectivity index (χ3v) is 2.36. The molecule has 1 aromatic carbocycles. The number of benzene rings is 1. The topological polar surface area (TPSA) is 104 Å². The number of carbonyl (C=O) groups excluding carboxylic acids is 1. The Kier molecular flexibility index (Phi) is 3.90. The molecule has 1 aromatic heterocycles. The van der Waals surface area contributed by atoms with Crippen molar-refractivity contribution < 1.29 is 14.7 Å². The standard InChI is InChI=1S/C13H12N4O3/c1-8(18)16-10-2-4-11(5-3-10)17-13-14-6-9(7-15-13)12(19)20/h2-7H,1H3,(H,16,18)(H,19,20)(H,14,15,17). The second-order valence-corrected chi connectivity index (χ2v) is 3.98. The predicted molar refractivity (Wildman–Crippen MR) is 73.0 cm³/mol. The Balaban J connectivity index is 2.06. The molecule has 1 amide bonds. The van der Waals surface area contributed by atoms with Crippen LogP contribution in [0, 0.1) is 0 Å². The lowest BCUT2D eigenvalue weighted by molar-refractivity contribution is -0.114.